The number of furan rings is 3. The van der Waals surface area contributed by atoms with Crippen molar-refractivity contribution in [2.45, 2.75) is 411 Å². The minimum Gasteiger partial charge on any atom is -0.456 e. The molecule has 0 saturated carbocycles. The average molecular weight is 1710 g/mol. The van der Waals surface area contributed by atoms with E-state index < -0.39 is 0 Å². The first-order valence-electron chi connectivity index (χ1n) is 53.5. The number of rotatable bonds is 55. The molecule has 4 aliphatic rings. The molecule has 4 heteroatoms. The Morgan fingerprint density at radius 3 is 1.04 bits per heavy atom. The van der Waals surface area contributed by atoms with Gasteiger partial charge in [0.15, 0.2) is 0 Å². The number of para-hydroxylation sites is 3. The molecule has 4 aliphatic carbocycles. The molecule has 0 aliphatic heterocycles. The zero-order chi connectivity index (χ0) is 87.9. The Hall–Kier alpha value is -8.60. The highest BCUT2D eigenvalue weighted by Gasteiger charge is 2.55. The molecule has 0 fully saturated rings. The van der Waals surface area contributed by atoms with E-state index in [1.165, 1.54) is 402 Å². The SMILES string of the molecule is CCCCCCCCC1(CCCCCCCC)c2cc(N(c3ccc4c(c3)C(CCCCCCC)(CCCCCCC)c3c5c(c6oc7ccccc7c6c3-4)-c3ccccc3C5(CCCCCCC)CCCCCCC)c3ccc4oc5ccccc5c4c3)ccc2-c2cc3c(cc21)-c1c(ccc2oc4ccccc4c12)C3(CCCCCCCC)CCCCCCCC. The van der Waals surface area contributed by atoms with E-state index in [-0.39, 0.29) is 21.7 Å². The van der Waals surface area contributed by atoms with E-state index in [2.05, 4.69) is 236 Å². The Labute approximate surface area is 771 Å². The Morgan fingerprint density at radius 1 is 0.203 bits per heavy atom. The highest BCUT2D eigenvalue weighted by molar-refractivity contribution is 6.21. The summed E-state index contributed by atoms with van der Waals surface area (Å²) < 4.78 is 21.7. The van der Waals surface area contributed by atoms with Gasteiger partial charge in [-0.05, 0) is 214 Å². The second kappa shape index (κ2) is 42.7. The lowest BCUT2D eigenvalue weighted by atomic mass is 9.62. The second-order valence-corrected chi connectivity index (χ2v) is 40.9. The molecule has 0 N–H and O–H groups in total. The standard InChI is InChI=1S/C124H157NO3/c1-9-17-25-33-41-53-77-121(78-54-42-34-26-18-10-2)103-74-76-112-114(97-63-47-51-67-109(97)127-112)113(103)101-89-106-99(88-107(101)121)93-72-69-91(86-104(93)122(106,79-55-43-35-27-19-11-3)80-56-44-36-28-20-12-4)125(90-71-75-111-100(85-90)94-61-46-50-66-108(94)126-111)92-70-73-96-105(87-92)124(83-59-39-31-23-15-7,84-60-40-32-24-16-8)118-115(96)116-98-64-48-52-68-110(98)128-120(116)117-95-62-45-49-65-102(95)123(119(117)118,81-57-37-29-21-13-5)82-58-38-30-22-14-6/h45-52,61-76,85-89H,9-44,53-60,77-84H2,1-8H3. The van der Waals surface area contributed by atoms with Crippen molar-refractivity contribution in [1.82, 2.24) is 0 Å². The molecule has 0 spiro atoms. The zero-order valence-electron chi connectivity index (χ0n) is 80.7. The van der Waals surface area contributed by atoms with Crippen LogP contribution in [0.15, 0.2) is 189 Å². The van der Waals surface area contributed by atoms with Crippen LogP contribution in [0.25, 0.3) is 110 Å². The highest BCUT2D eigenvalue weighted by atomic mass is 16.3. The quantitative estimate of drug-likeness (QED) is 0.0356. The smallest absolute Gasteiger partial charge is 0.144 e. The highest BCUT2D eigenvalue weighted by Crippen LogP contribution is 2.69. The van der Waals surface area contributed by atoms with Gasteiger partial charge < -0.3 is 18.2 Å². The van der Waals surface area contributed by atoms with Crippen molar-refractivity contribution in [2.24, 2.45) is 0 Å². The maximum Gasteiger partial charge on any atom is 0.144 e. The van der Waals surface area contributed by atoms with Gasteiger partial charge in [0.05, 0.1) is 0 Å². The van der Waals surface area contributed by atoms with E-state index in [4.69, 9.17) is 13.3 Å². The minimum absolute atomic E-state index is 0.129. The molecule has 0 radical (unpaired) electrons. The Morgan fingerprint density at radius 2 is 0.531 bits per heavy atom. The van der Waals surface area contributed by atoms with Gasteiger partial charge in [-0.2, -0.15) is 0 Å². The topological polar surface area (TPSA) is 42.7 Å². The first-order valence-corrected chi connectivity index (χ1v) is 53.5. The molecule has 10 aromatic carbocycles. The van der Waals surface area contributed by atoms with Crippen LogP contribution in [0.5, 0.6) is 0 Å². The van der Waals surface area contributed by atoms with Crippen molar-refractivity contribution in [3.05, 3.63) is 220 Å². The third kappa shape index (κ3) is 17.7. The van der Waals surface area contributed by atoms with Crippen molar-refractivity contribution < 1.29 is 13.3 Å². The van der Waals surface area contributed by atoms with Gasteiger partial charge in [-0.1, -0.05) is 435 Å². The molecular formula is C124H157NO3. The minimum atomic E-state index is -0.292. The van der Waals surface area contributed by atoms with Crippen LogP contribution in [0.1, 0.15) is 434 Å². The molecule has 3 aromatic heterocycles. The van der Waals surface area contributed by atoms with Crippen LogP contribution in [0, 0.1) is 0 Å². The predicted octanol–water partition coefficient (Wildman–Crippen LogP) is 40.4. The monoisotopic (exact) mass is 1710 g/mol. The van der Waals surface area contributed by atoms with Gasteiger partial charge in [0, 0.05) is 76.6 Å². The number of benzene rings is 10. The summed E-state index contributed by atoms with van der Waals surface area (Å²) in [6, 6.07) is 71.4. The van der Waals surface area contributed by atoms with Crippen molar-refractivity contribution in [1.29, 1.82) is 0 Å². The Balaban J connectivity index is 0.927. The summed E-state index contributed by atoms with van der Waals surface area (Å²) in [5.74, 6) is 0. The molecule has 13 aromatic rings. The molecule has 4 nitrogen and oxygen atoms in total. The van der Waals surface area contributed by atoms with E-state index in [1.807, 2.05) is 0 Å². The molecule has 3 heterocycles. The normalized spacial score (nSPS) is 14.6. The van der Waals surface area contributed by atoms with E-state index in [1.54, 1.807) is 44.5 Å². The first-order chi connectivity index (χ1) is 63.2. The van der Waals surface area contributed by atoms with E-state index in [0.29, 0.717) is 0 Å². The van der Waals surface area contributed by atoms with Crippen molar-refractivity contribution in [2.75, 3.05) is 4.90 Å². The molecular weight excluding hydrogens is 1550 g/mol. The van der Waals surface area contributed by atoms with E-state index >= 15 is 0 Å². The van der Waals surface area contributed by atoms with Gasteiger partial charge in [-0.15, -0.1) is 0 Å². The molecule has 0 amide bonds. The second-order valence-electron chi connectivity index (χ2n) is 40.9. The summed E-state index contributed by atoms with van der Waals surface area (Å²) in [5, 5.41) is 7.55. The predicted molar refractivity (Wildman–Crippen MR) is 553 cm³/mol. The molecule has 17 rings (SSSR count). The number of fused-ring (bicyclic) bond motifs is 25. The summed E-state index contributed by atoms with van der Waals surface area (Å²) in [6.45, 7) is 19.1. The van der Waals surface area contributed by atoms with Crippen molar-refractivity contribution >= 4 is 82.9 Å². The molecule has 0 unspecified atom stereocenters. The lowest BCUT2D eigenvalue weighted by molar-refractivity contribution is 0.369. The number of nitrogens with zero attached hydrogens (tertiary/aromatic N) is 1. The lowest BCUT2D eigenvalue weighted by Crippen LogP contribution is -2.33. The third-order valence-corrected chi connectivity index (χ3v) is 32.4. The maximum atomic E-state index is 7.74. The van der Waals surface area contributed by atoms with E-state index in [9.17, 15) is 0 Å². The fourth-order valence-corrected chi connectivity index (χ4v) is 25.9. The van der Waals surface area contributed by atoms with Gasteiger partial charge in [0.2, 0.25) is 0 Å². The van der Waals surface area contributed by atoms with Crippen LogP contribution >= 0.6 is 0 Å². The number of anilines is 3. The van der Waals surface area contributed by atoms with Crippen LogP contribution in [0.2, 0.25) is 0 Å². The average Bonchev–Trinajstić information content (AvgIpc) is 1.49. The van der Waals surface area contributed by atoms with Gasteiger partial charge in [0.25, 0.3) is 0 Å². The van der Waals surface area contributed by atoms with E-state index in [0.717, 1.165) is 59.2 Å². The molecule has 128 heavy (non-hydrogen) atoms. The first kappa shape index (κ1) is 91.3. The largest absolute Gasteiger partial charge is 0.456 e. The number of hydrogen-bond donors (Lipinski definition) is 0. The summed E-state index contributed by atoms with van der Waals surface area (Å²) in [5.41, 5.74) is 33.5. The molecule has 0 bridgehead atoms. The Kier molecular flexibility index (Phi) is 30.5. The third-order valence-electron chi connectivity index (χ3n) is 32.4. The van der Waals surface area contributed by atoms with Gasteiger partial charge in [-0.25, -0.2) is 0 Å². The van der Waals surface area contributed by atoms with Crippen LogP contribution in [0.4, 0.5) is 17.1 Å². The lowest BCUT2D eigenvalue weighted by Gasteiger charge is -2.40. The fourth-order valence-electron chi connectivity index (χ4n) is 25.9. The van der Waals surface area contributed by atoms with Gasteiger partial charge in [-0.3, -0.25) is 0 Å². The Bertz CT molecular complexity index is 5800. The maximum absolute atomic E-state index is 7.74. The molecule has 676 valence electrons. The van der Waals surface area contributed by atoms with Crippen LogP contribution in [-0.4, -0.2) is 0 Å². The zero-order valence-corrected chi connectivity index (χ0v) is 80.7. The number of hydrogen-bond acceptors (Lipinski definition) is 4. The van der Waals surface area contributed by atoms with Crippen molar-refractivity contribution in [3.63, 3.8) is 0 Å². The van der Waals surface area contributed by atoms with Crippen molar-refractivity contribution in [3.8, 4) is 44.5 Å². The van der Waals surface area contributed by atoms with Gasteiger partial charge >= 0.3 is 0 Å². The van der Waals surface area contributed by atoms with Gasteiger partial charge in [0.1, 0.15) is 33.5 Å². The summed E-state index contributed by atoms with van der Waals surface area (Å²) >= 11 is 0. The van der Waals surface area contributed by atoms with Crippen LogP contribution in [-0.2, 0) is 21.7 Å². The summed E-state index contributed by atoms with van der Waals surface area (Å²) in [4.78, 5) is 2.78. The summed E-state index contributed by atoms with van der Waals surface area (Å²) in [7, 11) is 0. The molecule has 0 atom stereocenters. The molecule has 0 saturated heterocycles. The van der Waals surface area contributed by atoms with Crippen LogP contribution in [0.3, 0.4) is 0 Å². The van der Waals surface area contributed by atoms with Crippen LogP contribution < -0.4 is 4.90 Å². The number of unbranched alkanes of at least 4 members (excludes halogenated alkanes) is 36. The summed E-state index contributed by atoms with van der Waals surface area (Å²) in [6.07, 6.45) is 65.2. The fraction of sp³-hybridized carbons (Fsp3) is 0.516.